The number of nitrogen functional groups attached to an aromatic ring is 1. The molecule has 5 heteroatoms. The van der Waals surface area contributed by atoms with Crippen LogP contribution in [0.5, 0.6) is 0 Å². The number of hydrazine groups is 1. The predicted octanol–water partition coefficient (Wildman–Crippen LogP) is 1.45. The van der Waals surface area contributed by atoms with Crippen LogP contribution in [0, 0.1) is 6.92 Å². The molecular weight excluding hydrogens is 190 g/mol. The molecule has 0 unspecified atom stereocenters. The highest BCUT2D eigenvalue weighted by Crippen LogP contribution is 2.19. The first-order valence-electron chi connectivity index (χ1n) is 5.30. The number of hydrogen-bond donors (Lipinski definition) is 3. The van der Waals surface area contributed by atoms with Gasteiger partial charge in [-0.25, -0.2) is 15.8 Å². The Morgan fingerprint density at radius 2 is 1.87 bits per heavy atom. The molecule has 0 atom stereocenters. The highest BCUT2D eigenvalue weighted by Gasteiger charge is 2.08. The lowest BCUT2D eigenvalue weighted by atomic mass is 10.3. The second kappa shape index (κ2) is 5.50. The lowest BCUT2D eigenvalue weighted by Gasteiger charge is -2.12. The molecular formula is C10H19N5. The van der Waals surface area contributed by atoms with Crippen LogP contribution in [-0.4, -0.2) is 16.5 Å². The van der Waals surface area contributed by atoms with Crippen LogP contribution in [0.15, 0.2) is 0 Å². The van der Waals surface area contributed by atoms with Gasteiger partial charge in [-0.05, 0) is 13.3 Å². The predicted molar refractivity (Wildman–Crippen MR) is 62.7 cm³/mol. The summed E-state index contributed by atoms with van der Waals surface area (Å²) in [5.41, 5.74) is 3.56. The Kier molecular flexibility index (Phi) is 4.30. The largest absolute Gasteiger partial charge is 0.370 e. The van der Waals surface area contributed by atoms with Gasteiger partial charge in [0.25, 0.3) is 0 Å². The molecule has 4 N–H and O–H groups in total. The molecule has 0 saturated carbocycles. The topological polar surface area (TPSA) is 75.9 Å². The molecule has 1 aromatic rings. The molecule has 5 nitrogen and oxygen atoms in total. The lowest BCUT2D eigenvalue weighted by Crippen LogP contribution is -2.15. The minimum atomic E-state index is 0.695. The Labute approximate surface area is 90.5 Å². The maximum absolute atomic E-state index is 5.40. The highest BCUT2D eigenvalue weighted by molar-refractivity contribution is 5.56. The van der Waals surface area contributed by atoms with Crippen molar-refractivity contribution in [2.45, 2.75) is 33.6 Å². The Bertz CT molecular complexity index is 324. The smallest absolute Gasteiger partial charge is 0.148 e. The molecule has 0 amide bonds. The summed E-state index contributed by atoms with van der Waals surface area (Å²) >= 11 is 0. The molecule has 0 aliphatic carbocycles. The van der Waals surface area contributed by atoms with Crippen LogP contribution in [0.3, 0.4) is 0 Å². The number of rotatable bonds is 5. The summed E-state index contributed by atoms with van der Waals surface area (Å²) in [7, 11) is 0. The molecule has 0 radical (unpaired) electrons. The number of hydrogen-bond acceptors (Lipinski definition) is 5. The first-order chi connectivity index (χ1) is 7.22. The van der Waals surface area contributed by atoms with Gasteiger partial charge < -0.3 is 10.7 Å². The Morgan fingerprint density at radius 3 is 2.40 bits per heavy atom. The number of nitrogens with zero attached hydrogens (tertiary/aromatic N) is 2. The summed E-state index contributed by atoms with van der Waals surface area (Å²) < 4.78 is 0. The standard InChI is InChI=1S/C10H19N5/c1-4-6-12-9-7(3)10(15-11)14-8(5-2)13-9/h4-6,11H2,1-3H3,(H2,12,13,14,15). The molecule has 1 rings (SSSR count). The Balaban J connectivity index is 3.01. The van der Waals surface area contributed by atoms with Crippen molar-refractivity contribution in [1.82, 2.24) is 9.97 Å². The van der Waals surface area contributed by atoms with Gasteiger partial charge in [0.15, 0.2) is 0 Å². The van der Waals surface area contributed by atoms with Crippen molar-refractivity contribution in [3.05, 3.63) is 11.4 Å². The molecule has 15 heavy (non-hydrogen) atoms. The van der Waals surface area contributed by atoms with Gasteiger partial charge >= 0.3 is 0 Å². The number of nitrogens with one attached hydrogen (secondary N) is 2. The number of nitrogens with two attached hydrogens (primary N) is 1. The van der Waals surface area contributed by atoms with Crippen molar-refractivity contribution in [2.75, 3.05) is 17.3 Å². The van der Waals surface area contributed by atoms with E-state index in [2.05, 4.69) is 27.6 Å². The maximum Gasteiger partial charge on any atom is 0.148 e. The van der Waals surface area contributed by atoms with E-state index in [1.165, 1.54) is 0 Å². The Morgan fingerprint density at radius 1 is 1.20 bits per heavy atom. The van der Waals surface area contributed by atoms with Crippen molar-refractivity contribution >= 4 is 11.6 Å². The summed E-state index contributed by atoms with van der Waals surface area (Å²) in [6.07, 6.45) is 1.87. The second-order valence-corrected chi connectivity index (χ2v) is 3.39. The van der Waals surface area contributed by atoms with E-state index < -0.39 is 0 Å². The van der Waals surface area contributed by atoms with E-state index in [0.29, 0.717) is 5.82 Å². The summed E-state index contributed by atoms with van der Waals surface area (Å²) in [5, 5.41) is 3.27. The average molecular weight is 209 g/mol. The van der Waals surface area contributed by atoms with Crippen molar-refractivity contribution in [2.24, 2.45) is 5.84 Å². The van der Waals surface area contributed by atoms with Gasteiger partial charge in [-0.15, -0.1) is 0 Å². The van der Waals surface area contributed by atoms with E-state index in [9.17, 15) is 0 Å². The molecule has 1 aromatic heterocycles. The van der Waals surface area contributed by atoms with E-state index >= 15 is 0 Å². The van der Waals surface area contributed by atoms with Crippen LogP contribution >= 0.6 is 0 Å². The summed E-state index contributed by atoms with van der Waals surface area (Å²) in [6, 6.07) is 0. The minimum Gasteiger partial charge on any atom is -0.370 e. The quantitative estimate of drug-likeness (QED) is 0.505. The van der Waals surface area contributed by atoms with Crippen LogP contribution < -0.4 is 16.6 Å². The van der Waals surface area contributed by atoms with E-state index in [1.807, 2.05) is 13.8 Å². The van der Waals surface area contributed by atoms with E-state index in [0.717, 1.165) is 36.6 Å². The van der Waals surface area contributed by atoms with E-state index in [4.69, 9.17) is 5.84 Å². The zero-order valence-corrected chi connectivity index (χ0v) is 9.59. The van der Waals surface area contributed by atoms with Gasteiger partial charge in [0.1, 0.15) is 17.5 Å². The first kappa shape index (κ1) is 11.7. The third kappa shape index (κ3) is 2.79. The van der Waals surface area contributed by atoms with Crippen LogP contribution in [-0.2, 0) is 6.42 Å². The summed E-state index contributed by atoms with van der Waals surface area (Å²) in [6.45, 7) is 7.00. The summed E-state index contributed by atoms with van der Waals surface area (Å²) in [5.74, 6) is 7.77. The molecule has 1 heterocycles. The van der Waals surface area contributed by atoms with Gasteiger partial charge in [0.2, 0.25) is 0 Å². The molecule has 0 spiro atoms. The lowest BCUT2D eigenvalue weighted by molar-refractivity contribution is 0.907. The zero-order valence-electron chi connectivity index (χ0n) is 9.59. The van der Waals surface area contributed by atoms with E-state index in [-0.39, 0.29) is 0 Å². The highest BCUT2D eigenvalue weighted by atomic mass is 15.3. The number of anilines is 2. The van der Waals surface area contributed by atoms with Gasteiger partial charge in [0.05, 0.1) is 0 Å². The molecule has 0 bridgehead atoms. The molecule has 0 fully saturated rings. The van der Waals surface area contributed by atoms with Crippen LogP contribution in [0.25, 0.3) is 0 Å². The number of aromatic nitrogens is 2. The normalized spacial score (nSPS) is 10.1. The fraction of sp³-hybridized carbons (Fsp3) is 0.600. The fourth-order valence-electron chi connectivity index (χ4n) is 1.28. The summed E-state index contributed by atoms with van der Waals surface area (Å²) in [4.78, 5) is 8.71. The van der Waals surface area contributed by atoms with Crippen molar-refractivity contribution in [1.29, 1.82) is 0 Å². The monoisotopic (exact) mass is 209 g/mol. The SMILES string of the molecule is CCCNc1nc(CC)nc(NN)c1C. The number of aryl methyl sites for hydroxylation is 1. The fourth-order valence-corrected chi connectivity index (χ4v) is 1.28. The van der Waals surface area contributed by atoms with Crippen LogP contribution in [0.4, 0.5) is 11.6 Å². The van der Waals surface area contributed by atoms with Gasteiger partial charge in [-0.1, -0.05) is 13.8 Å². The van der Waals surface area contributed by atoms with Crippen molar-refractivity contribution in [3.8, 4) is 0 Å². The second-order valence-electron chi connectivity index (χ2n) is 3.39. The molecule has 84 valence electrons. The van der Waals surface area contributed by atoms with Crippen molar-refractivity contribution < 1.29 is 0 Å². The van der Waals surface area contributed by atoms with E-state index in [1.54, 1.807) is 0 Å². The Hall–Kier alpha value is -1.36. The third-order valence-electron chi connectivity index (χ3n) is 2.19. The van der Waals surface area contributed by atoms with Gasteiger partial charge in [-0.2, -0.15) is 0 Å². The molecule has 0 aromatic carbocycles. The zero-order chi connectivity index (χ0) is 11.3. The minimum absolute atomic E-state index is 0.695. The van der Waals surface area contributed by atoms with Gasteiger partial charge in [0, 0.05) is 18.5 Å². The molecule has 0 aliphatic heterocycles. The van der Waals surface area contributed by atoms with Crippen LogP contribution in [0.2, 0.25) is 0 Å². The van der Waals surface area contributed by atoms with Crippen LogP contribution in [0.1, 0.15) is 31.7 Å². The first-order valence-corrected chi connectivity index (χ1v) is 5.30. The molecule has 0 saturated heterocycles. The van der Waals surface area contributed by atoms with Gasteiger partial charge in [-0.3, -0.25) is 0 Å². The average Bonchev–Trinajstić information content (AvgIpc) is 2.27. The molecule has 0 aliphatic rings. The third-order valence-corrected chi connectivity index (χ3v) is 2.19. The maximum atomic E-state index is 5.40. The van der Waals surface area contributed by atoms with Crippen molar-refractivity contribution in [3.63, 3.8) is 0 Å².